The first-order chi connectivity index (χ1) is 8.31. The second-order valence-electron chi connectivity index (χ2n) is 4.65. The molecule has 1 atom stereocenters. The minimum absolute atomic E-state index is 0.334. The average Bonchev–Trinajstić information content (AvgIpc) is 2.38. The molecule has 0 aromatic heterocycles. The van der Waals surface area contributed by atoms with Gasteiger partial charge in [0.05, 0.1) is 19.3 Å². The van der Waals surface area contributed by atoms with E-state index in [4.69, 9.17) is 9.47 Å². The van der Waals surface area contributed by atoms with Gasteiger partial charge in [-0.1, -0.05) is 13.8 Å². The maximum Gasteiger partial charge on any atom is 0.0826 e. The topological polar surface area (TPSA) is 33.7 Å². The second-order valence-corrected chi connectivity index (χ2v) is 4.65. The van der Waals surface area contributed by atoms with Crippen molar-refractivity contribution < 1.29 is 9.47 Å². The first kappa shape index (κ1) is 14.9. The molecule has 1 N–H and O–H groups in total. The first-order valence-electron chi connectivity index (χ1n) is 6.87. The van der Waals surface area contributed by atoms with E-state index < -0.39 is 0 Å². The maximum absolute atomic E-state index is 5.78. The number of methoxy groups -OCH3 is 1. The number of hydrogen-bond acceptors (Lipinski definition) is 4. The van der Waals surface area contributed by atoms with Crippen molar-refractivity contribution in [1.82, 2.24) is 10.2 Å². The number of rotatable bonds is 8. The molecule has 0 bridgehead atoms. The van der Waals surface area contributed by atoms with Crippen molar-refractivity contribution in [3.8, 4) is 0 Å². The average molecular weight is 244 g/mol. The van der Waals surface area contributed by atoms with Gasteiger partial charge >= 0.3 is 0 Å². The largest absolute Gasteiger partial charge is 0.383 e. The third kappa shape index (κ3) is 5.34. The molecule has 1 fully saturated rings. The summed E-state index contributed by atoms with van der Waals surface area (Å²) in [6, 6.07) is 0.649. The minimum atomic E-state index is 0.334. The van der Waals surface area contributed by atoms with Gasteiger partial charge in [0.1, 0.15) is 0 Å². The fourth-order valence-corrected chi connectivity index (χ4v) is 2.44. The molecule has 0 aromatic rings. The Kier molecular flexibility index (Phi) is 7.77. The van der Waals surface area contributed by atoms with Crippen molar-refractivity contribution in [2.24, 2.45) is 0 Å². The van der Waals surface area contributed by atoms with Crippen molar-refractivity contribution in [2.75, 3.05) is 46.5 Å². The predicted molar refractivity (Wildman–Crippen MR) is 70.4 cm³/mol. The molecule has 0 aromatic carbocycles. The highest BCUT2D eigenvalue weighted by Crippen LogP contribution is 2.11. The minimum Gasteiger partial charge on any atom is -0.383 e. The molecule has 1 unspecified atom stereocenters. The highest BCUT2D eigenvalue weighted by molar-refractivity contribution is 4.76. The van der Waals surface area contributed by atoms with Crippen molar-refractivity contribution in [3.05, 3.63) is 0 Å². The van der Waals surface area contributed by atoms with Crippen LogP contribution in [0, 0.1) is 0 Å². The quantitative estimate of drug-likeness (QED) is 0.693. The van der Waals surface area contributed by atoms with E-state index in [0.29, 0.717) is 12.1 Å². The van der Waals surface area contributed by atoms with Gasteiger partial charge in [0.25, 0.3) is 0 Å². The normalized spacial score (nSPS) is 21.4. The monoisotopic (exact) mass is 244 g/mol. The summed E-state index contributed by atoms with van der Waals surface area (Å²) in [7, 11) is 1.77. The Balaban J connectivity index is 2.42. The van der Waals surface area contributed by atoms with Crippen LogP contribution in [0.3, 0.4) is 0 Å². The molecule has 17 heavy (non-hydrogen) atoms. The van der Waals surface area contributed by atoms with E-state index in [1.54, 1.807) is 7.11 Å². The predicted octanol–water partition coefficient (Wildman–Crippen LogP) is 1.11. The number of hydrogen-bond donors (Lipinski definition) is 1. The van der Waals surface area contributed by atoms with Crippen LogP contribution in [-0.4, -0.2) is 63.5 Å². The summed E-state index contributed by atoms with van der Waals surface area (Å²) in [4.78, 5) is 2.52. The molecular formula is C13H28N2O2. The van der Waals surface area contributed by atoms with Crippen LogP contribution in [0.5, 0.6) is 0 Å². The lowest BCUT2D eigenvalue weighted by atomic mass is 10.1. The lowest BCUT2D eigenvalue weighted by Gasteiger charge is -2.34. The van der Waals surface area contributed by atoms with Crippen LogP contribution in [0.2, 0.25) is 0 Å². The molecule has 0 spiro atoms. The van der Waals surface area contributed by atoms with Gasteiger partial charge in [-0.3, -0.25) is 4.90 Å². The summed E-state index contributed by atoms with van der Waals surface area (Å²) < 4.78 is 11.0. The van der Waals surface area contributed by atoms with Gasteiger partial charge in [0, 0.05) is 39.3 Å². The van der Waals surface area contributed by atoms with Crippen molar-refractivity contribution in [3.63, 3.8) is 0 Å². The lowest BCUT2D eigenvalue weighted by molar-refractivity contribution is -0.00925. The van der Waals surface area contributed by atoms with Crippen LogP contribution < -0.4 is 5.32 Å². The van der Waals surface area contributed by atoms with Crippen LogP contribution in [0.25, 0.3) is 0 Å². The molecule has 1 heterocycles. The zero-order valence-electron chi connectivity index (χ0n) is 11.6. The van der Waals surface area contributed by atoms with Crippen molar-refractivity contribution in [2.45, 2.75) is 38.8 Å². The summed E-state index contributed by atoms with van der Waals surface area (Å²) >= 11 is 0. The van der Waals surface area contributed by atoms with Gasteiger partial charge in [0.2, 0.25) is 0 Å². The van der Waals surface area contributed by atoms with Crippen LogP contribution in [0.4, 0.5) is 0 Å². The fraction of sp³-hybridized carbons (Fsp3) is 1.00. The Hall–Kier alpha value is -0.160. The Labute approximate surface area is 106 Å². The van der Waals surface area contributed by atoms with Gasteiger partial charge in [0.15, 0.2) is 0 Å². The third-order valence-corrected chi connectivity index (χ3v) is 3.48. The van der Waals surface area contributed by atoms with Gasteiger partial charge in [-0.25, -0.2) is 0 Å². The molecule has 4 nitrogen and oxygen atoms in total. The number of morpholine rings is 1. The van der Waals surface area contributed by atoms with Crippen LogP contribution in [0.1, 0.15) is 26.7 Å². The van der Waals surface area contributed by atoms with Crippen LogP contribution in [-0.2, 0) is 9.47 Å². The fourth-order valence-electron chi connectivity index (χ4n) is 2.44. The van der Waals surface area contributed by atoms with Crippen molar-refractivity contribution >= 4 is 0 Å². The van der Waals surface area contributed by atoms with E-state index in [1.165, 1.54) is 12.8 Å². The lowest BCUT2D eigenvalue weighted by Crippen LogP contribution is -2.48. The SMILES string of the molecule is CCC(CC)N(CCOC)CC1CNCCO1. The van der Waals surface area contributed by atoms with Gasteiger partial charge in [-0.05, 0) is 12.8 Å². The molecule has 0 aliphatic carbocycles. The van der Waals surface area contributed by atoms with Gasteiger partial charge in [-0.2, -0.15) is 0 Å². The van der Waals surface area contributed by atoms with Crippen LogP contribution in [0.15, 0.2) is 0 Å². The molecule has 0 radical (unpaired) electrons. The van der Waals surface area contributed by atoms with Crippen LogP contribution >= 0.6 is 0 Å². The summed E-state index contributed by atoms with van der Waals surface area (Å²) in [5, 5.41) is 3.39. The van der Waals surface area contributed by atoms with E-state index in [-0.39, 0.29) is 0 Å². The summed E-state index contributed by atoms with van der Waals surface area (Å²) in [6.07, 6.45) is 2.72. The van der Waals surface area contributed by atoms with Gasteiger partial charge < -0.3 is 14.8 Å². The Bertz CT molecular complexity index is 180. The van der Waals surface area contributed by atoms with E-state index in [0.717, 1.165) is 39.4 Å². The summed E-state index contributed by atoms with van der Waals surface area (Å²) in [6.45, 7) is 10.1. The standard InChI is InChI=1S/C13H28N2O2/c1-4-12(5-2)15(7-9-16-3)11-13-10-14-6-8-17-13/h12-14H,4-11H2,1-3H3. The highest BCUT2D eigenvalue weighted by atomic mass is 16.5. The molecule has 0 amide bonds. The highest BCUT2D eigenvalue weighted by Gasteiger charge is 2.21. The van der Waals surface area contributed by atoms with Crippen molar-refractivity contribution in [1.29, 1.82) is 0 Å². The molecule has 0 saturated carbocycles. The van der Waals surface area contributed by atoms with E-state index in [1.807, 2.05) is 0 Å². The second kappa shape index (κ2) is 8.86. The molecule has 1 rings (SSSR count). The summed E-state index contributed by atoms with van der Waals surface area (Å²) in [5.41, 5.74) is 0. The smallest absolute Gasteiger partial charge is 0.0826 e. The van der Waals surface area contributed by atoms with E-state index in [2.05, 4.69) is 24.1 Å². The zero-order chi connectivity index (χ0) is 12.5. The number of nitrogens with zero attached hydrogens (tertiary/aromatic N) is 1. The van der Waals surface area contributed by atoms with Gasteiger partial charge in [-0.15, -0.1) is 0 Å². The molecule has 102 valence electrons. The molecule has 1 saturated heterocycles. The Morgan fingerprint density at radius 2 is 2.18 bits per heavy atom. The number of nitrogens with one attached hydrogen (secondary N) is 1. The Morgan fingerprint density at radius 3 is 2.71 bits per heavy atom. The van der Waals surface area contributed by atoms with E-state index in [9.17, 15) is 0 Å². The summed E-state index contributed by atoms with van der Waals surface area (Å²) in [5.74, 6) is 0. The van der Waals surface area contributed by atoms with E-state index >= 15 is 0 Å². The maximum atomic E-state index is 5.78. The zero-order valence-corrected chi connectivity index (χ0v) is 11.6. The molecular weight excluding hydrogens is 216 g/mol. The number of ether oxygens (including phenoxy) is 2. The molecule has 4 heteroatoms. The first-order valence-corrected chi connectivity index (χ1v) is 6.87. The molecule has 1 aliphatic heterocycles. The molecule has 1 aliphatic rings. The Morgan fingerprint density at radius 1 is 1.41 bits per heavy atom. The third-order valence-electron chi connectivity index (χ3n) is 3.48.